The molecule has 2 unspecified atom stereocenters. The molecule has 0 amide bonds. The van der Waals surface area contributed by atoms with Crippen LogP contribution in [0.1, 0.15) is 19.8 Å². The van der Waals surface area contributed by atoms with E-state index in [0.717, 1.165) is 12.8 Å². The largest absolute Gasteiger partial charge is 0.495 e. The number of methoxy groups -OCH3 is 1. The highest BCUT2D eigenvalue weighted by Gasteiger charge is 2.37. The van der Waals surface area contributed by atoms with Crippen LogP contribution in [0.5, 0.6) is 5.75 Å². The number of para-hydroxylation sites is 1. The third-order valence-corrected chi connectivity index (χ3v) is 5.93. The summed E-state index contributed by atoms with van der Waals surface area (Å²) < 4.78 is 32.5. The number of rotatable bonds is 4. The Labute approximate surface area is 120 Å². The average Bonchev–Trinajstić information content (AvgIpc) is 2.46. The van der Waals surface area contributed by atoms with Crippen LogP contribution in [-0.2, 0) is 10.0 Å². The molecular weight excluding hydrogens is 276 g/mol. The Balaban J connectivity index is 2.43. The highest BCUT2D eigenvalue weighted by Crippen LogP contribution is 2.32. The van der Waals surface area contributed by atoms with Crippen molar-refractivity contribution in [3.63, 3.8) is 0 Å². The molecule has 0 radical (unpaired) electrons. The minimum Gasteiger partial charge on any atom is -0.495 e. The van der Waals surface area contributed by atoms with E-state index in [1.165, 1.54) is 7.11 Å². The maximum absolute atomic E-state index is 12.9. The van der Waals surface area contributed by atoms with Crippen molar-refractivity contribution in [1.82, 2.24) is 4.31 Å². The Morgan fingerprint density at radius 2 is 2.10 bits per heavy atom. The zero-order chi connectivity index (χ0) is 14.8. The minimum absolute atomic E-state index is 0.140. The number of ether oxygens (including phenoxy) is 1. The molecule has 0 bridgehead atoms. The number of hydrogen-bond acceptors (Lipinski definition) is 4. The topological polar surface area (TPSA) is 72.6 Å². The second kappa shape index (κ2) is 6.11. The van der Waals surface area contributed by atoms with Gasteiger partial charge in [0.25, 0.3) is 0 Å². The number of nitrogens with two attached hydrogens (primary N) is 1. The van der Waals surface area contributed by atoms with E-state index in [9.17, 15) is 8.42 Å². The maximum atomic E-state index is 12.9. The van der Waals surface area contributed by atoms with E-state index in [0.29, 0.717) is 18.8 Å². The third-order valence-electron chi connectivity index (χ3n) is 3.96. The Morgan fingerprint density at radius 1 is 1.40 bits per heavy atom. The first kappa shape index (κ1) is 15.3. The smallest absolute Gasteiger partial charge is 0.247 e. The fraction of sp³-hybridized carbons (Fsp3) is 0.571. The lowest BCUT2D eigenvalue weighted by Crippen LogP contribution is -2.51. The van der Waals surface area contributed by atoms with Crippen LogP contribution in [-0.4, -0.2) is 39.0 Å². The van der Waals surface area contributed by atoms with Crippen molar-refractivity contribution in [3.8, 4) is 5.75 Å². The molecule has 1 aliphatic rings. The van der Waals surface area contributed by atoms with E-state index in [1.807, 2.05) is 0 Å². The van der Waals surface area contributed by atoms with Gasteiger partial charge in [-0.05, 0) is 30.9 Å². The number of sulfonamides is 1. The Hall–Kier alpha value is -1.11. The van der Waals surface area contributed by atoms with Gasteiger partial charge in [0.2, 0.25) is 10.0 Å². The summed E-state index contributed by atoms with van der Waals surface area (Å²) in [6.07, 6.45) is 1.88. The van der Waals surface area contributed by atoms with E-state index < -0.39 is 10.0 Å². The predicted octanol–water partition coefficient (Wildman–Crippen LogP) is 1.44. The van der Waals surface area contributed by atoms with Crippen LogP contribution in [0.2, 0.25) is 0 Å². The highest BCUT2D eigenvalue weighted by atomic mass is 32.2. The zero-order valence-corrected chi connectivity index (χ0v) is 12.8. The lowest BCUT2D eigenvalue weighted by Gasteiger charge is -2.38. The average molecular weight is 298 g/mol. The van der Waals surface area contributed by atoms with Gasteiger partial charge >= 0.3 is 0 Å². The van der Waals surface area contributed by atoms with E-state index >= 15 is 0 Å². The van der Waals surface area contributed by atoms with Crippen LogP contribution in [0.25, 0.3) is 0 Å². The summed E-state index contributed by atoms with van der Waals surface area (Å²) >= 11 is 0. The van der Waals surface area contributed by atoms with Crippen LogP contribution in [0.3, 0.4) is 0 Å². The van der Waals surface area contributed by atoms with Crippen molar-refractivity contribution in [2.75, 3.05) is 20.2 Å². The quantitative estimate of drug-likeness (QED) is 0.913. The zero-order valence-electron chi connectivity index (χ0n) is 12.0. The summed E-state index contributed by atoms with van der Waals surface area (Å²) in [7, 11) is -2.09. The van der Waals surface area contributed by atoms with Crippen molar-refractivity contribution >= 4 is 10.0 Å². The monoisotopic (exact) mass is 298 g/mol. The van der Waals surface area contributed by atoms with Crippen LogP contribution in [0, 0.1) is 5.92 Å². The molecule has 1 heterocycles. The van der Waals surface area contributed by atoms with Gasteiger partial charge in [-0.1, -0.05) is 19.1 Å². The normalized spacial score (nSPS) is 24.6. The molecule has 2 N–H and O–H groups in total. The van der Waals surface area contributed by atoms with E-state index in [-0.39, 0.29) is 16.9 Å². The van der Waals surface area contributed by atoms with Crippen molar-refractivity contribution in [2.45, 2.75) is 30.7 Å². The summed E-state index contributed by atoms with van der Waals surface area (Å²) in [5.41, 5.74) is 5.79. The molecule has 112 valence electrons. The van der Waals surface area contributed by atoms with Crippen LogP contribution < -0.4 is 10.5 Å². The molecule has 0 spiro atoms. The molecule has 0 saturated carbocycles. The molecule has 1 aromatic rings. The molecule has 1 fully saturated rings. The number of nitrogens with zero attached hydrogens (tertiary/aromatic N) is 1. The first-order chi connectivity index (χ1) is 9.52. The minimum atomic E-state index is -3.57. The molecule has 1 aromatic carbocycles. The number of benzene rings is 1. The van der Waals surface area contributed by atoms with Gasteiger partial charge in [0.1, 0.15) is 10.6 Å². The second-order valence-electron chi connectivity index (χ2n) is 5.19. The molecule has 0 aliphatic carbocycles. The van der Waals surface area contributed by atoms with Gasteiger partial charge < -0.3 is 10.5 Å². The summed E-state index contributed by atoms with van der Waals surface area (Å²) in [4.78, 5) is 0.218. The summed E-state index contributed by atoms with van der Waals surface area (Å²) in [6, 6.07) is 6.58. The number of hydrogen-bond donors (Lipinski definition) is 1. The van der Waals surface area contributed by atoms with Crippen molar-refractivity contribution < 1.29 is 13.2 Å². The lowest BCUT2D eigenvalue weighted by molar-refractivity contribution is 0.192. The van der Waals surface area contributed by atoms with E-state index in [4.69, 9.17) is 10.5 Å². The van der Waals surface area contributed by atoms with Gasteiger partial charge in [-0.3, -0.25) is 0 Å². The molecule has 0 aromatic heterocycles. The Bertz CT molecular complexity index is 559. The van der Waals surface area contributed by atoms with Gasteiger partial charge in [0.05, 0.1) is 7.11 Å². The molecule has 20 heavy (non-hydrogen) atoms. The second-order valence-corrected chi connectivity index (χ2v) is 7.05. The van der Waals surface area contributed by atoms with E-state index in [2.05, 4.69) is 6.92 Å². The fourth-order valence-electron chi connectivity index (χ4n) is 2.82. The van der Waals surface area contributed by atoms with Crippen LogP contribution in [0.15, 0.2) is 29.2 Å². The summed E-state index contributed by atoms with van der Waals surface area (Å²) in [5.74, 6) is 0.653. The molecule has 2 atom stereocenters. The maximum Gasteiger partial charge on any atom is 0.247 e. The molecule has 5 nitrogen and oxygen atoms in total. The van der Waals surface area contributed by atoms with Gasteiger partial charge in [0, 0.05) is 19.1 Å². The first-order valence-electron chi connectivity index (χ1n) is 6.87. The standard InChI is InChI=1S/C14H22N2O3S/c1-11-6-5-9-16(12(11)10-15)20(17,18)14-8-4-3-7-13(14)19-2/h3-4,7-8,11-12H,5-6,9-10,15H2,1-2H3. The molecular formula is C14H22N2O3S. The van der Waals surface area contributed by atoms with E-state index in [1.54, 1.807) is 28.6 Å². The van der Waals surface area contributed by atoms with Crippen LogP contribution in [0.4, 0.5) is 0 Å². The Kier molecular flexibility index (Phi) is 4.67. The highest BCUT2D eigenvalue weighted by molar-refractivity contribution is 7.89. The summed E-state index contributed by atoms with van der Waals surface area (Å²) in [5, 5.41) is 0. The lowest BCUT2D eigenvalue weighted by atomic mass is 9.93. The molecule has 1 aliphatic heterocycles. The fourth-order valence-corrected chi connectivity index (χ4v) is 4.75. The van der Waals surface area contributed by atoms with Crippen molar-refractivity contribution in [3.05, 3.63) is 24.3 Å². The van der Waals surface area contributed by atoms with Gasteiger partial charge in [-0.2, -0.15) is 4.31 Å². The van der Waals surface area contributed by atoms with Gasteiger partial charge in [-0.25, -0.2) is 8.42 Å². The SMILES string of the molecule is COc1ccccc1S(=O)(=O)N1CCCC(C)C1CN. The van der Waals surface area contributed by atoms with Crippen molar-refractivity contribution in [1.29, 1.82) is 0 Å². The van der Waals surface area contributed by atoms with Gasteiger partial charge in [0.15, 0.2) is 0 Å². The summed E-state index contributed by atoms with van der Waals surface area (Å²) in [6.45, 7) is 2.92. The van der Waals surface area contributed by atoms with Gasteiger partial charge in [-0.15, -0.1) is 0 Å². The number of piperidine rings is 1. The first-order valence-corrected chi connectivity index (χ1v) is 8.31. The Morgan fingerprint density at radius 3 is 2.75 bits per heavy atom. The third kappa shape index (κ3) is 2.68. The molecule has 1 saturated heterocycles. The predicted molar refractivity (Wildman–Crippen MR) is 78.1 cm³/mol. The molecule has 6 heteroatoms. The molecule has 2 rings (SSSR count). The van der Waals surface area contributed by atoms with Crippen molar-refractivity contribution in [2.24, 2.45) is 11.7 Å². The van der Waals surface area contributed by atoms with Crippen LogP contribution >= 0.6 is 0 Å².